The van der Waals surface area contributed by atoms with Crippen LogP contribution in [-0.2, 0) is 38.1 Å². The van der Waals surface area contributed by atoms with Crippen molar-refractivity contribution in [2.75, 3.05) is 72.5 Å². The third-order valence-corrected chi connectivity index (χ3v) is 16.2. The third-order valence-electron chi connectivity index (χ3n) is 16.2. The number of Topliss-reactive ketones (excluding diaryl/α,β-unsaturated/α-hetero) is 1. The highest BCUT2D eigenvalue weighted by molar-refractivity contribution is 5.86. The van der Waals surface area contributed by atoms with Crippen molar-refractivity contribution in [1.29, 1.82) is 0 Å². The van der Waals surface area contributed by atoms with Crippen molar-refractivity contribution in [3.8, 4) is 0 Å². The fourth-order valence-electron chi connectivity index (χ4n) is 11.4. The van der Waals surface area contributed by atoms with E-state index in [1.54, 1.807) is 22.3 Å². The van der Waals surface area contributed by atoms with Crippen LogP contribution in [0.3, 0.4) is 0 Å². The first-order valence-corrected chi connectivity index (χ1v) is 29.9. The first kappa shape index (κ1) is 66.5. The van der Waals surface area contributed by atoms with Gasteiger partial charge in [-0.25, -0.2) is 0 Å². The van der Waals surface area contributed by atoms with Crippen molar-refractivity contribution < 1.29 is 38.1 Å². The molecule has 0 aromatic heterocycles. The summed E-state index contributed by atoms with van der Waals surface area (Å²) >= 11 is 0. The molecule has 0 spiro atoms. The van der Waals surface area contributed by atoms with Crippen LogP contribution in [-0.4, -0.2) is 96.0 Å². The minimum atomic E-state index is -0.379. The third kappa shape index (κ3) is 31.3. The number of amides is 3. The lowest BCUT2D eigenvalue weighted by atomic mass is 9.70. The van der Waals surface area contributed by atoms with Crippen LogP contribution in [0.25, 0.3) is 0 Å². The fraction of sp³-hybridized carbons (Fsp3) is 0.871. The van der Waals surface area contributed by atoms with Gasteiger partial charge >= 0.3 is 0 Å². The highest BCUT2D eigenvalue weighted by Crippen LogP contribution is 2.44. The summed E-state index contributed by atoms with van der Waals surface area (Å²) in [4.78, 5) is 51.7. The molecule has 0 radical (unpaired) electrons. The lowest BCUT2D eigenvalue weighted by Gasteiger charge is -2.35. The average Bonchev–Trinajstić information content (AvgIpc) is 3.31. The van der Waals surface area contributed by atoms with E-state index in [4.69, 9.17) is 18.9 Å². The summed E-state index contributed by atoms with van der Waals surface area (Å²) in [5, 5.41) is 9.10. The van der Waals surface area contributed by atoms with E-state index in [9.17, 15) is 19.2 Å². The van der Waals surface area contributed by atoms with Gasteiger partial charge in [-0.3, -0.25) is 19.2 Å². The molecule has 0 fully saturated rings. The Morgan fingerprint density at radius 1 is 0.493 bits per heavy atom. The van der Waals surface area contributed by atoms with E-state index in [1.807, 2.05) is 6.92 Å². The van der Waals surface area contributed by atoms with Crippen molar-refractivity contribution in [2.45, 2.75) is 237 Å². The zero-order valence-corrected chi connectivity index (χ0v) is 49.1. The number of ether oxygens (including phenoxy) is 4. The van der Waals surface area contributed by atoms with Gasteiger partial charge in [-0.05, 0) is 145 Å². The molecule has 11 nitrogen and oxygen atoms in total. The van der Waals surface area contributed by atoms with Crippen molar-refractivity contribution in [2.24, 2.45) is 40.4 Å². The van der Waals surface area contributed by atoms with Crippen molar-refractivity contribution in [1.82, 2.24) is 16.0 Å². The molecule has 0 saturated heterocycles. The first-order valence-electron chi connectivity index (χ1n) is 29.9. The molecule has 0 aliphatic heterocycles. The summed E-state index contributed by atoms with van der Waals surface area (Å²) < 4.78 is 22.2. The summed E-state index contributed by atoms with van der Waals surface area (Å²) in [6.45, 7) is 31.1. The number of hydrogen-bond donors (Lipinski definition) is 3. The van der Waals surface area contributed by atoms with Gasteiger partial charge in [-0.1, -0.05) is 123 Å². The molecule has 3 amide bonds. The second-order valence-electron chi connectivity index (χ2n) is 24.2. The Hall–Kier alpha value is -2.60. The number of allylic oxidation sites excluding steroid dienone is 4. The predicted molar refractivity (Wildman–Crippen MR) is 302 cm³/mol. The number of carbonyl (C=O) groups is 4. The van der Waals surface area contributed by atoms with Crippen LogP contribution in [0.15, 0.2) is 22.3 Å². The van der Waals surface area contributed by atoms with Gasteiger partial charge in [0.2, 0.25) is 17.7 Å². The van der Waals surface area contributed by atoms with Gasteiger partial charge in [0.25, 0.3) is 0 Å². The van der Waals surface area contributed by atoms with Gasteiger partial charge in [0.1, 0.15) is 5.78 Å². The minimum absolute atomic E-state index is 0.00692. The standard InChI is InChI=1S/C62H113N3O8/c1-12-70-40-32-58(67)63-36-19-38-71-41-43-73-44-42-72-39-20-37-65-60(69)54(47-55(66)45-50(4)23-15-21-48(2)28-30-56-52(6)25-17-33-61(56,8)9)27-13-14-35-64-59(68)46-51(5)24-16-22-49(3)29-31-57-53(7)26-18-34-62(57,10)11/h48-51,54H,12-47H2,1-11H3,(H,63,67)(H,64,68)(H,65,69)/t48?,49?,50?,51?,54-/m1/s1. The average molecular weight is 1030 g/mol. The van der Waals surface area contributed by atoms with Gasteiger partial charge in [-0.2, -0.15) is 0 Å². The number of unbranched alkanes of at least 4 members (excludes halogenated alkanes) is 1. The van der Waals surface area contributed by atoms with E-state index in [1.165, 1.54) is 77.0 Å². The molecular formula is C62H113N3O8. The summed E-state index contributed by atoms with van der Waals surface area (Å²) in [6, 6.07) is 0. The Labute approximate surface area is 447 Å². The molecule has 0 heterocycles. The molecule has 0 bridgehead atoms. The molecule has 2 aliphatic rings. The largest absolute Gasteiger partial charge is 0.381 e. The highest BCUT2D eigenvalue weighted by atomic mass is 16.5. The molecule has 424 valence electrons. The molecule has 0 saturated carbocycles. The van der Waals surface area contributed by atoms with Crippen molar-refractivity contribution in [3.05, 3.63) is 22.3 Å². The van der Waals surface area contributed by atoms with Crippen molar-refractivity contribution >= 4 is 23.5 Å². The topological polar surface area (TPSA) is 141 Å². The molecule has 73 heavy (non-hydrogen) atoms. The molecule has 0 aromatic rings. The Kier molecular flexibility index (Phi) is 35.4. The van der Waals surface area contributed by atoms with Crippen LogP contribution in [0.5, 0.6) is 0 Å². The van der Waals surface area contributed by atoms with E-state index >= 15 is 0 Å². The van der Waals surface area contributed by atoms with Gasteiger partial charge < -0.3 is 34.9 Å². The van der Waals surface area contributed by atoms with E-state index in [0.29, 0.717) is 139 Å². The summed E-state index contributed by atoms with van der Waals surface area (Å²) in [5.74, 6) is 1.85. The van der Waals surface area contributed by atoms with Gasteiger partial charge in [0.15, 0.2) is 0 Å². The lowest BCUT2D eigenvalue weighted by Crippen LogP contribution is -2.33. The Balaban J connectivity index is 1.71. The second-order valence-corrected chi connectivity index (χ2v) is 24.2. The summed E-state index contributed by atoms with van der Waals surface area (Å²) in [6.07, 6.45) is 24.8. The molecule has 4 unspecified atom stereocenters. The van der Waals surface area contributed by atoms with E-state index in [0.717, 1.165) is 44.9 Å². The van der Waals surface area contributed by atoms with Crippen LogP contribution in [0, 0.1) is 40.4 Å². The summed E-state index contributed by atoms with van der Waals surface area (Å²) in [5.41, 5.74) is 7.32. The molecule has 2 rings (SSSR count). The smallest absolute Gasteiger partial charge is 0.223 e. The monoisotopic (exact) mass is 1030 g/mol. The van der Waals surface area contributed by atoms with Crippen LogP contribution in [0.1, 0.15) is 237 Å². The Morgan fingerprint density at radius 3 is 1.48 bits per heavy atom. The maximum Gasteiger partial charge on any atom is 0.223 e. The molecule has 11 heteroatoms. The van der Waals surface area contributed by atoms with Crippen LogP contribution in [0.4, 0.5) is 0 Å². The van der Waals surface area contributed by atoms with Gasteiger partial charge in [0.05, 0.1) is 33.0 Å². The predicted octanol–water partition coefficient (Wildman–Crippen LogP) is 13.6. The van der Waals surface area contributed by atoms with E-state index in [2.05, 4.69) is 85.2 Å². The lowest BCUT2D eigenvalue weighted by molar-refractivity contribution is -0.130. The van der Waals surface area contributed by atoms with Gasteiger partial charge in [-0.15, -0.1) is 0 Å². The Morgan fingerprint density at radius 2 is 0.959 bits per heavy atom. The second kappa shape index (κ2) is 38.9. The Bertz CT molecular complexity index is 1600. The number of rotatable bonds is 44. The number of carbonyl (C=O) groups excluding carboxylic acids is 4. The van der Waals surface area contributed by atoms with E-state index in [-0.39, 0.29) is 35.8 Å². The normalized spacial score (nSPS) is 17.7. The van der Waals surface area contributed by atoms with Crippen LogP contribution in [0.2, 0.25) is 0 Å². The fourth-order valence-corrected chi connectivity index (χ4v) is 11.4. The SMILES string of the molecule is CCOCCC(=O)NCCCOCCOCCOCCCNC(=O)[C@H](CCCCNC(=O)CC(C)CCCC(C)CCC1=C(C)CCCC1(C)C)CC(=O)CC(C)CCCC(C)CCC1=C(C)CCCC1(C)C. The summed E-state index contributed by atoms with van der Waals surface area (Å²) in [7, 11) is 0. The first-order chi connectivity index (χ1) is 34.8. The number of nitrogens with one attached hydrogen (secondary N) is 3. The highest BCUT2D eigenvalue weighted by Gasteiger charge is 2.30. The zero-order chi connectivity index (χ0) is 53.9. The number of ketones is 1. The molecule has 0 aromatic carbocycles. The number of hydrogen-bond acceptors (Lipinski definition) is 8. The van der Waals surface area contributed by atoms with Crippen LogP contribution < -0.4 is 16.0 Å². The molecule has 3 N–H and O–H groups in total. The van der Waals surface area contributed by atoms with Gasteiger partial charge in [0, 0.05) is 71.1 Å². The quantitative estimate of drug-likeness (QED) is 0.0405. The minimum Gasteiger partial charge on any atom is -0.381 e. The van der Waals surface area contributed by atoms with Crippen molar-refractivity contribution in [3.63, 3.8) is 0 Å². The molecule has 5 atom stereocenters. The molecule has 2 aliphatic carbocycles. The zero-order valence-electron chi connectivity index (χ0n) is 49.1. The maximum atomic E-state index is 13.6. The van der Waals surface area contributed by atoms with Crippen LogP contribution >= 0.6 is 0 Å². The maximum absolute atomic E-state index is 13.6. The molecular weight excluding hydrogens is 915 g/mol. The van der Waals surface area contributed by atoms with E-state index < -0.39 is 0 Å².